The van der Waals surface area contributed by atoms with Gasteiger partial charge < -0.3 is 5.32 Å². The fourth-order valence-electron chi connectivity index (χ4n) is 4.91. The van der Waals surface area contributed by atoms with Gasteiger partial charge in [0.2, 0.25) is 0 Å². The van der Waals surface area contributed by atoms with Crippen LogP contribution >= 0.6 is 0 Å². The largest absolute Gasteiger partial charge is 0.367 e. The van der Waals surface area contributed by atoms with Gasteiger partial charge in [0, 0.05) is 23.7 Å². The quantitative estimate of drug-likeness (QED) is 0.829. The van der Waals surface area contributed by atoms with Crippen molar-refractivity contribution < 1.29 is 0 Å². The number of aromatic nitrogens is 1. The molecule has 22 heavy (non-hydrogen) atoms. The first-order valence-corrected chi connectivity index (χ1v) is 8.66. The smallest absolute Gasteiger partial charge is 0.0890 e. The Balaban J connectivity index is 2.13. The number of rotatable bonds is 1. The first kappa shape index (κ1) is 15.8. The van der Waals surface area contributed by atoms with Gasteiger partial charge in [0.15, 0.2) is 0 Å². The van der Waals surface area contributed by atoms with Crippen molar-refractivity contribution in [1.82, 2.24) is 9.88 Å². The summed E-state index contributed by atoms with van der Waals surface area (Å²) >= 11 is 0. The third-order valence-corrected chi connectivity index (χ3v) is 5.45. The fraction of sp³-hybridized carbons (Fsp3) is 0.737. The van der Waals surface area contributed by atoms with Crippen molar-refractivity contribution in [2.75, 3.05) is 5.32 Å². The van der Waals surface area contributed by atoms with E-state index in [1.165, 1.54) is 17.8 Å². The number of likely N-dealkylation sites (tertiary alicyclic amines) is 1. The molecular formula is C19H31N3. The standard InChI is InChI=1S/C19H31N3/c1-8-13-15(18(2,3)4)14-16-12(10-9-11-20-16)21-17(14)22(13)19(5,6)7/h9-11,13-15,17,21H,8H2,1-7H3. The Bertz CT molecular complexity index is 553. The second-order valence-electron chi connectivity index (χ2n) is 9.00. The minimum absolute atomic E-state index is 0.151. The van der Waals surface area contributed by atoms with Gasteiger partial charge in [0.1, 0.15) is 0 Å². The summed E-state index contributed by atoms with van der Waals surface area (Å²) in [6, 6.07) is 4.82. The van der Waals surface area contributed by atoms with E-state index in [-0.39, 0.29) is 11.0 Å². The SMILES string of the molecule is CCC1C(C(C)(C)C)C2c3ncccc3NC2N1C(C)(C)C. The van der Waals surface area contributed by atoms with Crippen molar-refractivity contribution in [2.45, 2.75) is 78.6 Å². The third kappa shape index (κ3) is 2.25. The summed E-state index contributed by atoms with van der Waals surface area (Å²) in [6.07, 6.45) is 3.51. The lowest BCUT2D eigenvalue weighted by molar-refractivity contribution is 0.0578. The molecule has 4 unspecified atom stereocenters. The zero-order valence-corrected chi connectivity index (χ0v) is 15.1. The van der Waals surface area contributed by atoms with E-state index in [0.29, 0.717) is 24.0 Å². The molecule has 0 amide bonds. The van der Waals surface area contributed by atoms with Crippen molar-refractivity contribution in [3.63, 3.8) is 0 Å². The Kier molecular flexibility index (Phi) is 3.56. The highest BCUT2D eigenvalue weighted by atomic mass is 15.4. The van der Waals surface area contributed by atoms with Crippen LogP contribution in [0.25, 0.3) is 0 Å². The Morgan fingerprint density at radius 1 is 1.18 bits per heavy atom. The number of nitrogens with one attached hydrogen (secondary N) is 1. The van der Waals surface area contributed by atoms with Crippen LogP contribution in [0.3, 0.4) is 0 Å². The van der Waals surface area contributed by atoms with Gasteiger partial charge in [-0.1, -0.05) is 27.7 Å². The van der Waals surface area contributed by atoms with Crippen molar-refractivity contribution in [1.29, 1.82) is 0 Å². The maximum atomic E-state index is 4.76. The van der Waals surface area contributed by atoms with Gasteiger partial charge >= 0.3 is 0 Å². The van der Waals surface area contributed by atoms with Gasteiger partial charge in [-0.2, -0.15) is 0 Å². The molecule has 1 fully saturated rings. The zero-order chi connectivity index (χ0) is 16.3. The molecule has 0 spiro atoms. The second kappa shape index (κ2) is 4.95. The van der Waals surface area contributed by atoms with Gasteiger partial charge in [-0.3, -0.25) is 9.88 Å². The van der Waals surface area contributed by atoms with Gasteiger partial charge in [0.25, 0.3) is 0 Å². The molecule has 1 saturated heterocycles. The van der Waals surface area contributed by atoms with E-state index in [9.17, 15) is 0 Å². The molecule has 3 heterocycles. The van der Waals surface area contributed by atoms with Gasteiger partial charge in [-0.15, -0.1) is 0 Å². The van der Waals surface area contributed by atoms with E-state index in [2.05, 4.69) is 64.7 Å². The monoisotopic (exact) mass is 301 g/mol. The molecule has 0 bridgehead atoms. The number of hydrogen-bond acceptors (Lipinski definition) is 3. The van der Waals surface area contributed by atoms with Crippen LogP contribution in [-0.4, -0.2) is 27.6 Å². The average Bonchev–Trinajstić information content (AvgIpc) is 2.89. The highest BCUT2D eigenvalue weighted by Crippen LogP contribution is 2.56. The molecule has 122 valence electrons. The summed E-state index contributed by atoms with van der Waals surface area (Å²) < 4.78 is 0. The Hall–Kier alpha value is -1.09. The lowest BCUT2D eigenvalue weighted by Crippen LogP contribution is -2.52. The average molecular weight is 301 g/mol. The van der Waals surface area contributed by atoms with Crippen LogP contribution < -0.4 is 5.32 Å². The van der Waals surface area contributed by atoms with Crippen LogP contribution in [0.4, 0.5) is 5.69 Å². The molecule has 0 aromatic carbocycles. The molecule has 2 aliphatic rings. The predicted molar refractivity (Wildman–Crippen MR) is 93.0 cm³/mol. The minimum Gasteiger partial charge on any atom is -0.367 e. The van der Waals surface area contributed by atoms with Crippen LogP contribution in [0.1, 0.15) is 66.5 Å². The molecule has 1 aromatic heterocycles. The summed E-state index contributed by atoms with van der Waals surface area (Å²) in [5.74, 6) is 1.10. The number of fused-ring (bicyclic) bond motifs is 3. The molecule has 0 radical (unpaired) electrons. The van der Waals surface area contributed by atoms with E-state index in [1.807, 2.05) is 12.3 Å². The minimum atomic E-state index is 0.151. The molecule has 1 N–H and O–H groups in total. The molecule has 3 nitrogen and oxygen atoms in total. The van der Waals surface area contributed by atoms with Crippen LogP contribution in [0, 0.1) is 11.3 Å². The third-order valence-electron chi connectivity index (χ3n) is 5.45. The summed E-state index contributed by atoms with van der Waals surface area (Å²) in [5.41, 5.74) is 2.93. The Morgan fingerprint density at radius 2 is 1.86 bits per heavy atom. The molecule has 4 atom stereocenters. The maximum absolute atomic E-state index is 4.76. The Morgan fingerprint density at radius 3 is 2.41 bits per heavy atom. The first-order chi connectivity index (χ1) is 10.2. The molecular weight excluding hydrogens is 270 g/mol. The van der Waals surface area contributed by atoms with Crippen LogP contribution in [0.2, 0.25) is 0 Å². The van der Waals surface area contributed by atoms with Crippen molar-refractivity contribution >= 4 is 5.69 Å². The fourth-order valence-corrected chi connectivity index (χ4v) is 4.91. The predicted octanol–water partition coefficient (Wildman–Crippen LogP) is 4.47. The second-order valence-corrected chi connectivity index (χ2v) is 9.00. The summed E-state index contributed by atoms with van der Waals surface area (Å²) in [5, 5.41) is 3.78. The lowest BCUT2D eigenvalue weighted by atomic mass is 9.70. The number of nitrogens with zero attached hydrogens (tertiary/aromatic N) is 2. The molecule has 1 aromatic rings. The van der Waals surface area contributed by atoms with Crippen LogP contribution in [0.5, 0.6) is 0 Å². The summed E-state index contributed by atoms with van der Waals surface area (Å²) in [4.78, 5) is 7.48. The van der Waals surface area contributed by atoms with Crippen LogP contribution in [-0.2, 0) is 0 Å². The summed E-state index contributed by atoms with van der Waals surface area (Å²) in [6.45, 7) is 16.5. The highest BCUT2D eigenvalue weighted by molar-refractivity contribution is 5.57. The maximum Gasteiger partial charge on any atom is 0.0890 e. The van der Waals surface area contributed by atoms with E-state index in [4.69, 9.17) is 4.98 Å². The zero-order valence-electron chi connectivity index (χ0n) is 15.1. The topological polar surface area (TPSA) is 28.2 Å². The van der Waals surface area contributed by atoms with Gasteiger partial charge in [-0.05, 0) is 50.7 Å². The van der Waals surface area contributed by atoms with E-state index in [1.54, 1.807) is 0 Å². The molecule has 0 aliphatic carbocycles. The highest BCUT2D eigenvalue weighted by Gasteiger charge is 2.58. The Labute approximate surface area is 135 Å². The number of pyridine rings is 1. The number of hydrogen-bond donors (Lipinski definition) is 1. The van der Waals surface area contributed by atoms with E-state index >= 15 is 0 Å². The lowest BCUT2D eigenvalue weighted by Gasteiger charge is -2.43. The number of anilines is 1. The first-order valence-electron chi connectivity index (χ1n) is 8.66. The molecule has 3 heteroatoms. The van der Waals surface area contributed by atoms with Gasteiger partial charge in [0.05, 0.1) is 17.5 Å². The summed E-state index contributed by atoms with van der Waals surface area (Å²) in [7, 11) is 0. The van der Waals surface area contributed by atoms with Crippen molar-refractivity contribution in [3.05, 3.63) is 24.0 Å². The van der Waals surface area contributed by atoms with Crippen LogP contribution in [0.15, 0.2) is 18.3 Å². The molecule has 2 aliphatic heterocycles. The van der Waals surface area contributed by atoms with Gasteiger partial charge in [-0.25, -0.2) is 0 Å². The van der Waals surface area contributed by atoms with Crippen molar-refractivity contribution in [3.8, 4) is 0 Å². The molecule has 3 rings (SSSR count). The van der Waals surface area contributed by atoms with E-state index in [0.717, 1.165) is 0 Å². The normalized spacial score (nSPS) is 31.8. The van der Waals surface area contributed by atoms with Crippen molar-refractivity contribution in [2.24, 2.45) is 11.3 Å². The van der Waals surface area contributed by atoms with E-state index < -0.39 is 0 Å². The molecule has 0 saturated carbocycles.